The highest BCUT2D eigenvalue weighted by atomic mass is 16.5. The normalized spacial score (nSPS) is 16.3. The third kappa shape index (κ3) is 2.82. The van der Waals surface area contributed by atoms with Crippen LogP contribution in [-0.4, -0.2) is 30.2 Å². The molecule has 0 unspecified atom stereocenters. The highest BCUT2D eigenvalue weighted by molar-refractivity contribution is 6.04. The lowest BCUT2D eigenvalue weighted by molar-refractivity contribution is 0.0551. The van der Waals surface area contributed by atoms with Crippen molar-refractivity contribution >= 4 is 5.71 Å². The second-order valence-corrected chi connectivity index (χ2v) is 4.60. The molecule has 0 aliphatic heterocycles. The van der Waals surface area contributed by atoms with Crippen LogP contribution >= 0.6 is 0 Å². The van der Waals surface area contributed by atoms with E-state index in [9.17, 15) is 0 Å². The third-order valence-electron chi connectivity index (χ3n) is 2.97. The molecule has 4 nitrogen and oxygen atoms in total. The fourth-order valence-corrected chi connectivity index (χ4v) is 2.15. The van der Waals surface area contributed by atoms with E-state index < -0.39 is 0 Å². The summed E-state index contributed by atoms with van der Waals surface area (Å²) in [7, 11) is 0. The molecule has 98 valence electrons. The summed E-state index contributed by atoms with van der Waals surface area (Å²) in [6, 6.07) is 5.84. The minimum Gasteiger partial charge on any atom is -0.491 e. The van der Waals surface area contributed by atoms with Gasteiger partial charge >= 0.3 is 0 Å². The van der Waals surface area contributed by atoms with Crippen LogP contribution in [0.2, 0.25) is 0 Å². The monoisotopic (exact) mass is 249 g/mol. The molecular formula is C14H19NO3. The second-order valence-electron chi connectivity index (χ2n) is 4.60. The van der Waals surface area contributed by atoms with Gasteiger partial charge in [-0.3, -0.25) is 0 Å². The van der Waals surface area contributed by atoms with Crippen LogP contribution < -0.4 is 4.74 Å². The zero-order chi connectivity index (χ0) is 13.0. The topological polar surface area (TPSA) is 51.0 Å². The van der Waals surface area contributed by atoms with Crippen molar-refractivity contribution in [3.8, 4) is 5.75 Å². The number of ether oxygens (including phenoxy) is 2. The second kappa shape index (κ2) is 5.87. The molecule has 0 fully saturated rings. The van der Waals surface area contributed by atoms with Gasteiger partial charge in [-0.25, -0.2) is 0 Å². The van der Waals surface area contributed by atoms with E-state index >= 15 is 0 Å². The Labute approximate surface area is 107 Å². The van der Waals surface area contributed by atoms with E-state index in [0.29, 0.717) is 13.2 Å². The van der Waals surface area contributed by atoms with Crippen molar-refractivity contribution in [2.45, 2.75) is 32.8 Å². The number of nitrogens with zero attached hydrogens (tertiary/aromatic N) is 1. The number of fused-ring (bicyclic) bond motifs is 1. The van der Waals surface area contributed by atoms with E-state index in [4.69, 9.17) is 14.7 Å². The predicted molar refractivity (Wildman–Crippen MR) is 69.7 cm³/mol. The third-order valence-corrected chi connectivity index (χ3v) is 2.97. The van der Waals surface area contributed by atoms with Crippen LogP contribution in [0.15, 0.2) is 23.4 Å². The van der Waals surface area contributed by atoms with Crippen LogP contribution in [0.25, 0.3) is 0 Å². The lowest BCUT2D eigenvalue weighted by atomic mass is 10.1. The molecule has 4 heteroatoms. The van der Waals surface area contributed by atoms with Crippen molar-refractivity contribution in [3.05, 3.63) is 29.3 Å². The Hall–Kier alpha value is -1.55. The first kappa shape index (κ1) is 12.9. The number of hydrogen-bond donors (Lipinski definition) is 1. The molecule has 0 bridgehead atoms. The average molecular weight is 249 g/mol. The summed E-state index contributed by atoms with van der Waals surface area (Å²) < 4.78 is 11.2. The summed E-state index contributed by atoms with van der Waals surface area (Å²) in [4.78, 5) is 0. The lowest BCUT2D eigenvalue weighted by Crippen LogP contribution is -2.12. The van der Waals surface area contributed by atoms with Crippen LogP contribution in [0.1, 0.15) is 31.4 Å². The van der Waals surface area contributed by atoms with Gasteiger partial charge in [-0.15, -0.1) is 0 Å². The molecule has 0 heterocycles. The Kier molecular flexibility index (Phi) is 4.20. The van der Waals surface area contributed by atoms with Gasteiger partial charge in [0.1, 0.15) is 12.4 Å². The molecule has 1 aromatic carbocycles. The molecule has 0 radical (unpaired) electrons. The fourth-order valence-electron chi connectivity index (χ4n) is 2.15. The Morgan fingerprint density at radius 2 is 2.11 bits per heavy atom. The van der Waals surface area contributed by atoms with Crippen molar-refractivity contribution in [2.24, 2.45) is 5.16 Å². The summed E-state index contributed by atoms with van der Waals surface area (Å²) in [5, 5.41) is 12.2. The Morgan fingerprint density at radius 3 is 2.83 bits per heavy atom. The molecule has 1 aromatic rings. The van der Waals surface area contributed by atoms with Gasteiger partial charge in [-0.05, 0) is 32.8 Å². The van der Waals surface area contributed by atoms with Gasteiger partial charge < -0.3 is 14.7 Å². The van der Waals surface area contributed by atoms with E-state index in [1.54, 1.807) is 0 Å². The molecule has 2 rings (SSSR count). The highest BCUT2D eigenvalue weighted by Gasteiger charge is 2.21. The summed E-state index contributed by atoms with van der Waals surface area (Å²) in [5.41, 5.74) is 2.88. The van der Waals surface area contributed by atoms with Gasteiger partial charge in [0.05, 0.1) is 18.4 Å². The van der Waals surface area contributed by atoms with Crippen LogP contribution in [-0.2, 0) is 11.2 Å². The van der Waals surface area contributed by atoms with Gasteiger partial charge in [0.25, 0.3) is 0 Å². The highest BCUT2D eigenvalue weighted by Crippen LogP contribution is 2.30. The van der Waals surface area contributed by atoms with Crippen LogP contribution in [0, 0.1) is 0 Å². The van der Waals surface area contributed by atoms with E-state index in [1.165, 1.54) is 0 Å². The largest absolute Gasteiger partial charge is 0.491 e. The average Bonchev–Trinajstić information content (AvgIpc) is 2.78. The Morgan fingerprint density at radius 1 is 1.28 bits per heavy atom. The molecule has 1 aliphatic carbocycles. The molecule has 0 amide bonds. The smallest absolute Gasteiger partial charge is 0.123 e. The summed E-state index contributed by atoms with van der Waals surface area (Å²) in [5.74, 6) is 0.874. The van der Waals surface area contributed by atoms with Crippen molar-refractivity contribution in [3.63, 3.8) is 0 Å². The molecule has 0 saturated carbocycles. The maximum absolute atomic E-state index is 8.91. The van der Waals surface area contributed by atoms with E-state index in [2.05, 4.69) is 5.16 Å². The quantitative estimate of drug-likeness (QED) is 0.496. The summed E-state index contributed by atoms with van der Waals surface area (Å²) in [6.45, 7) is 5.14. The molecule has 0 spiro atoms. The van der Waals surface area contributed by atoms with Crippen molar-refractivity contribution in [1.29, 1.82) is 0 Å². The lowest BCUT2D eigenvalue weighted by Gasteiger charge is -2.12. The molecule has 18 heavy (non-hydrogen) atoms. The molecule has 0 saturated heterocycles. The van der Waals surface area contributed by atoms with E-state index in [0.717, 1.165) is 35.4 Å². The van der Waals surface area contributed by atoms with Gasteiger partial charge in [-0.1, -0.05) is 17.3 Å². The molecule has 0 atom stereocenters. The Balaban J connectivity index is 2.00. The van der Waals surface area contributed by atoms with Gasteiger partial charge in [0.15, 0.2) is 0 Å². The minimum absolute atomic E-state index is 0.225. The molecule has 1 N–H and O–H groups in total. The maximum Gasteiger partial charge on any atom is 0.123 e. The van der Waals surface area contributed by atoms with Crippen LogP contribution in [0.4, 0.5) is 0 Å². The maximum atomic E-state index is 8.91. The van der Waals surface area contributed by atoms with Crippen molar-refractivity contribution < 1.29 is 14.7 Å². The number of benzene rings is 1. The van der Waals surface area contributed by atoms with Crippen LogP contribution in [0.5, 0.6) is 5.75 Å². The van der Waals surface area contributed by atoms with Gasteiger partial charge in [0, 0.05) is 11.1 Å². The van der Waals surface area contributed by atoms with Gasteiger partial charge in [0.2, 0.25) is 0 Å². The summed E-state index contributed by atoms with van der Waals surface area (Å²) >= 11 is 0. The molecular weight excluding hydrogens is 230 g/mol. The SMILES string of the molecule is CC(C)OCCOc1cccc2c1CCC2=NO. The van der Waals surface area contributed by atoms with Crippen molar-refractivity contribution in [1.82, 2.24) is 0 Å². The van der Waals surface area contributed by atoms with Gasteiger partial charge in [-0.2, -0.15) is 0 Å². The molecule has 1 aliphatic rings. The first-order valence-corrected chi connectivity index (χ1v) is 6.30. The standard InChI is InChI=1S/C14H19NO3/c1-10(2)17-8-9-18-14-5-3-4-11-12(14)6-7-13(11)15-16/h3-5,10,16H,6-9H2,1-2H3. The van der Waals surface area contributed by atoms with E-state index in [-0.39, 0.29) is 6.10 Å². The zero-order valence-corrected chi connectivity index (χ0v) is 10.8. The fraction of sp³-hybridized carbons (Fsp3) is 0.500. The molecule has 0 aromatic heterocycles. The number of hydrogen-bond acceptors (Lipinski definition) is 4. The summed E-state index contributed by atoms with van der Waals surface area (Å²) in [6.07, 6.45) is 1.87. The van der Waals surface area contributed by atoms with Crippen molar-refractivity contribution in [2.75, 3.05) is 13.2 Å². The zero-order valence-electron chi connectivity index (χ0n) is 10.8. The van der Waals surface area contributed by atoms with Crippen LogP contribution in [0.3, 0.4) is 0 Å². The minimum atomic E-state index is 0.225. The van der Waals surface area contributed by atoms with E-state index in [1.807, 2.05) is 32.0 Å². The number of oxime groups is 1. The predicted octanol–water partition coefficient (Wildman–Crippen LogP) is 2.61. The first-order valence-electron chi connectivity index (χ1n) is 6.30. The Bertz CT molecular complexity index is 441. The number of rotatable bonds is 5. The first-order chi connectivity index (χ1) is 8.72.